The summed E-state index contributed by atoms with van der Waals surface area (Å²) in [4.78, 5) is 12.7. The zero-order valence-electron chi connectivity index (χ0n) is 15.6. The van der Waals surface area contributed by atoms with E-state index in [1.54, 1.807) is 17.4 Å². The van der Waals surface area contributed by atoms with Gasteiger partial charge in [-0.05, 0) is 19.4 Å². The first-order valence-electron chi connectivity index (χ1n) is 8.44. The zero-order chi connectivity index (χ0) is 19.4. The van der Waals surface area contributed by atoms with Crippen LogP contribution in [-0.4, -0.2) is 33.6 Å². The third kappa shape index (κ3) is 4.14. The first-order chi connectivity index (χ1) is 13.0. The van der Waals surface area contributed by atoms with Crippen molar-refractivity contribution in [2.24, 2.45) is 0 Å². The zero-order valence-corrected chi connectivity index (χ0v) is 17.2. The normalized spacial score (nSPS) is 10.8. The van der Waals surface area contributed by atoms with Gasteiger partial charge in [0.1, 0.15) is 0 Å². The van der Waals surface area contributed by atoms with Crippen LogP contribution in [0.2, 0.25) is 0 Å². The maximum Gasteiger partial charge on any atom is 0.316 e. The Bertz CT molecular complexity index is 958. The topological polar surface area (TPSA) is 57.0 Å². The van der Waals surface area contributed by atoms with Gasteiger partial charge in [0.15, 0.2) is 11.0 Å². The minimum Gasteiger partial charge on any atom is -0.468 e. The van der Waals surface area contributed by atoms with Gasteiger partial charge in [0.2, 0.25) is 0 Å². The van der Waals surface area contributed by atoms with Crippen LogP contribution in [-0.2, 0) is 16.1 Å². The molecule has 0 bridgehead atoms. The van der Waals surface area contributed by atoms with Crippen LogP contribution in [0, 0.1) is 13.8 Å². The van der Waals surface area contributed by atoms with Crippen LogP contribution in [0.15, 0.2) is 47.5 Å². The number of aryl methyl sites for hydroxylation is 2. The van der Waals surface area contributed by atoms with Crippen LogP contribution < -0.4 is 0 Å². The molecule has 0 aliphatic heterocycles. The van der Waals surface area contributed by atoms with Crippen molar-refractivity contribution in [3.05, 3.63) is 52.7 Å². The highest BCUT2D eigenvalue weighted by atomic mass is 32.2. The summed E-state index contributed by atoms with van der Waals surface area (Å²) in [5.41, 5.74) is 4.60. The number of carbonyl (C=O) groups is 1. The quantitative estimate of drug-likeness (QED) is 0.326. The van der Waals surface area contributed by atoms with E-state index in [-0.39, 0.29) is 11.7 Å². The smallest absolute Gasteiger partial charge is 0.316 e. The van der Waals surface area contributed by atoms with Gasteiger partial charge in [0.25, 0.3) is 0 Å². The number of thioether (sulfide) groups is 1. The fourth-order valence-electron chi connectivity index (χ4n) is 2.77. The molecule has 27 heavy (non-hydrogen) atoms. The molecule has 0 unspecified atom stereocenters. The molecule has 0 aliphatic rings. The monoisotopic (exact) mass is 399 g/mol. The van der Waals surface area contributed by atoms with E-state index in [0.29, 0.717) is 11.7 Å². The molecular formula is C20H21N3O2S2. The third-order valence-corrected chi connectivity index (χ3v) is 5.98. The number of methoxy groups -OCH3 is 1. The molecule has 0 saturated heterocycles. The second kappa shape index (κ2) is 8.54. The Morgan fingerprint density at radius 2 is 2.04 bits per heavy atom. The lowest BCUT2D eigenvalue weighted by molar-refractivity contribution is -0.137. The Kier molecular flexibility index (Phi) is 6.13. The molecule has 140 valence electrons. The number of nitrogens with zero attached hydrogens (tertiary/aromatic N) is 3. The van der Waals surface area contributed by atoms with E-state index in [9.17, 15) is 4.79 Å². The summed E-state index contributed by atoms with van der Waals surface area (Å²) in [5.74, 6) is 0.683. The minimum absolute atomic E-state index is 0.194. The number of carbonyl (C=O) groups excluding carboxylic acids is 1. The molecule has 0 radical (unpaired) electrons. The van der Waals surface area contributed by atoms with E-state index in [2.05, 4.69) is 60.3 Å². The first kappa shape index (κ1) is 19.4. The van der Waals surface area contributed by atoms with Gasteiger partial charge >= 0.3 is 5.97 Å². The SMILES string of the molecule is C=CCn1c(SCC(=O)OC)nnc1-c1csc(C)c1-c1ccc(C)cc1. The lowest BCUT2D eigenvalue weighted by atomic mass is 10.0. The van der Waals surface area contributed by atoms with Crippen LogP contribution in [0.25, 0.3) is 22.5 Å². The number of ether oxygens (including phenoxy) is 1. The Morgan fingerprint density at radius 3 is 2.70 bits per heavy atom. The number of allylic oxidation sites excluding steroid dienone is 1. The highest BCUT2D eigenvalue weighted by molar-refractivity contribution is 7.99. The number of benzene rings is 1. The molecule has 2 aromatic heterocycles. The van der Waals surface area contributed by atoms with E-state index in [0.717, 1.165) is 17.0 Å². The molecule has 2 heterocycles. The Hall–Kier alpha value is -2.38. The molecule has 1 aromatic carbocycles. The van der Waals surface area contributed by atoms with Gasteiger partial charge in [0.05, 0.1) is 12.9 Å². The van der Waals surface area contributed by atoms with Crippen molar-refractivity contribution < 1.29 is 9.53 Å². The second-order valence-electron chi connectivity index (χ2n) is 6.02. The summed E-state index contributed by atoms with van der Waals surface area (Å²) in [6, 6.07) is 8.49. The van der Waals surface area contributed by atoms with Crippen molar-refractivity contribution in [2.45, 2.75) is 25.5 Å². The van der Waals surface area contributed by atoms with Gasteiger partial charge in [-0.1, -0.05) is 47.7 Å². The molecule has 0 saturated carbocycles. The number of esters is 1. The minimum atomic E-state index is -0.290. The molecule has 0 atom stereocenters. The second-order valence-corrected chi connectivity index (χ2v) is 8.04. The number of thiophene rings is 1. The molecule has 3 rings (SSSR count). The molecule has 0 N–H and O–H groups in total. The van der Waals surface area contributed by atoms with Crippen molar-refractivity contribution in [1.82, 2.24) is 14.8 Å². The van der Waals surface area contributed by atoms with Gasteiger partial charge in [-0.15, -0.1) is 28.1 Å². The Labute approximate surface area is 167 Å². The fraction of sp³-hybridized carbons (Fsp3) is 0.250. The van der Waals surface area contributed by atoms with Gasteiger partial charge in [0, 0.05) is 27.9 Å². The number of hydrogen-bond donors (Lipinski definition) is 0. The van der Waals surface area contributed by atoms with Gasteiger partial charge in [-0.2, -0.15) is 0 Å². The third-order valence-electron chi connectivity index (χ3n) is 4.13. The van der Waals surface area contributed by atoms with Crippen LogP contribution in [0.3, 0.4) is 0 Å². The largest absolute Gasteiger partial charge is 0.468 e. The molecule has 7 heteroatoms. The summed E-state index contributed by atoms with van der Waals surface area (Å²) in [7, 11) is 1.38. The van der Waals surface area contributed by atoms with E-state index in [1.807, 2.05) is 4.57 Å². The van der Waals surface area contributed by atoms with Crippen molar-refractivity contribution in [3.63, 3.8) is 0 Å². The van der Waals surface area contributed by atoms with E-state index < -0.39 is 0 Å². The summed E-state index contributed by atoms with van der Waals surface area (Å²) in [6.45, 7) is 8.60. The standard InChI is InChI=1S/C20H21N3O2S2/c1-5-10-23-19(21-22-20(23)27-12-17(24)25-4)16-11-26-14(3)18(16)15-8-6-13(2)7-9-15/h5-9,11H,1,10,12H2,2-4H3. The van der Waals surface area contributed by atoms with E-state index in [4.69, 9.17) is 4.74 Å². The van der Waals surface area contributed by atoms with Crippen molar-refractivity contribution in [1.29, 1.82) is 0 Å². The predicted molar refractivity (Wildman–Crippen MR) is 111 cm³/mol. The summed E-state index contributed by atoms with van der Waals surface area (Å²) in [5, 5.41) is 11.5. The average Bonchev–Trinajstić information content (AvgIpc) is 3.24. The molecule has 0 fully saturated rings. The molecule has 5 nitrogen and oxygen atoms in total. The lowest BCUT2D eigenvalue weighted by Gasteiger charge is -2.09. The maximum atomic E-state index is 11.5. The Morgan fingerprint density at radius 1 is 1.30 bits per heavy atom. The van der Waals surface area contributed by atoms with E-state index >= 15 is 0 Å². The highest BCUT2D eigenvalue weighted by Gasteiger charge is 2.20. The molecule has 0 aliphatic carbocycles. The highest BCUT2D eigenvalue weighted by Crippen LogP contribution is 2.39. The van der Waals surface area contributed by atoms with Crippen molar-refractivity contribution in [2.75, 3.05) is 12.9 Å². The van der Waals surface area contributed by atoms with Crippen molar-refractivity contribution in [3.8, 4) is 22.5 Å². The lowest BCUT2D eigenvalue weighted by Crippen LogP contribution is -2.06. The summed E-state index contributed by atoms with van der Waals surface area (Å²) >= 11 is 3.01. The number of aromatic nitrogens is 3. The molecular weight excluding hydrogens is 378 g/mol. The van der Waals surface area contributed by atoms with Crippen LogP contribution >= 0.6 is 23.1 Å². The predicted octanol–water partition coefficient (Wildman–Crippen LogP) is 4.74. The average molecular weight is 400 g/mol. The van der Waals surface area contributed by atoms with Crippen LogP contribution in [0.1, 0.15) is 10.4 Å². The van der Waals surface area contributed by atoms with Gasteiger partial charge < -0.3 is 4.74 Å². The molecule has 0 spiro atoms. The molecule has 0 amide bonds. The fourth-order valence-corrected chi connectivity index (χ4v) is 4.41. The van der Waals surface area contributed by atoms with E-state index in [1.165, 1.54) is 34.9 Å². The Balaban J connectivity index is 2.04. The maximum absolute atomic E-state index is 11.5. The first-order valence-corrected chi connectivity index (χ1v) is 10.3. The van der Waals surface area contributed by atoms with Gasteiger partial charge in [-0.25, -0.2) is 0 Å². The van der Waals surface area contributed by atoms with Crippen molar-refractivity contribution >= 4 is 29.1 Å². The summed E-state index contributed by atoms with van der Waals surface area (Å²) in [6.07, 6.45) is 1.81. The van der Waals surface area contributed by atoms with Crippen LogP contribution in [0.4, 0.5) is 0 Å². The summed E-state index contributed by atoms with van der Waals surface area (Å²) < 4.78 is 6.70. The number of hydrogen-bond acceptors (Lipinski definition) is 6. The van der Waals surface area contributed by atoms with Crippen LogP contribution in [0.5, 0.6) is 0 Å². The van der Waals surface area contributed by atoms with Gasteiger partial charge in [-0.3, -0.25) is 9.36 Å². The molecule has 3 aromatic rings. The number of rotatable bonds is 7.